The van der Waals surface area contributed by atoms with E-state index in [0.29, 0.717) is 0 Å². The lowest BCUT2D eigenvalue weighted by atomic mass is 10.2. The first-order valence-corrected chi connectivity index (χ1v) is 6.19. The number of benzene rings is 1. The molecule has 0 aromatic heterocycles. The average Bonchev–Trinajstić information content (AvgIpc) is 2.55. The molecule has 0 heterocycles. The molecule has 2 nitrogen and oxygen atoms in total. The van der Waals surface area contributed by atoms with E-state index in [-0.39, 0.29) is 17.1 Å². The van der Waals surface area contributed by atoms with E-state index < -0.39 is 0 Å². The number of phenolic OH excluding ortho intramolecular Hbond substituents is 2. The van der Waals surface area contributed by atoms with Crippen molar-refractivity contribution in [3.63, 3.8) is 0 Å². The van der Waals surface area contributed by atoms with Gasteiger partial charge >= 0.3 is 0 Å². The molecule has 2 N–H and O–H groups in total. The third-order valence-corrected chi connectivity index (χ3v) is 1.99. The lowest BCUT2D eigenvalue weighted by Crippen LogP contribution is -1.75. The van der Waals surface area contributed by atoms with Crippen LogP contribution in [0.2, 0.25) is 0 Å². The summed E-state index contributed by atoms with van der Waals surface area (Å²) in [6, 6.07) is 4.05. The Morgan fingerprint density at radius 2 is 1.13 bits per heavy atom. The minimum atomic E-state index is -0.0272. The number of phenols is 2. The zero-order valence-corrected chi connectivity index (χ0v) is 12.1. The maximum absolute atomic E-state index is 9.49. The molecule has 0 radical (unpaired) electrons. The Morgan fingerprint density at radius 3 is 1.65 bits per heavy atom. The summed E-state index contributed by atoms with van der Waals surface area (Å²) in [5.41, 5.74) is 0.288. The molecule has 104 valence electrons. The molecule has 2 heteroatoms. The summed E-state index contributed by atoms with van der Waals surface area (Å²) >= 11 is 0. The van der Waals surface area contributed by atoms with E-state index in [4.69, 9.17) is 0 Å². The van der Waals surface area contributed by atoms with Crippen LogP contribution < -0.4 is 0 Å². The van der Waals surface area contributed by atoms with E-state index in [1.807, 2.05) is 0 Å². The molecule has 0 aliphatic heterocycles. The first kappa shape index (κ1) is 16.8. The molecule has 0 amide bonds. The number of hydrogen-bond acceptors (Lipinski definition) is 2. The fourth-order valence-electron chi connectivity index (χ4n) is 1.10. The lowest BCUT2D eigenvalue weighted by Gasteiger charge is -1.95. The maximum Gasteiger partial charge on any atom is 0.131 e. The summed E-state index contributed by atoms with van der Waals surface area (Å²) in [5, 5.41) is 18.8. The molecule has 0 saturated carbocycles. The minimum absolute atomic E-state index is 0.0164. The molecule has 1 rings (SSSR count). The van der Waals surface area contributed by atoms with Gasteiger partial charge in [-0.05, 0) is 102 Å². The smallest absolute Gasteiger partial charge is 0.131 e. The van der Waals surface area contributed by atoms with Crippen molar-refractivity contribution in [2.75, 3.05) is 0 Å². The second kappa shape index (κ2) is 10.5. The standard InChI is InChI=1S/C21H8O2/c1-2-3-4-5-6-7-8-9-10-11-12-13-14-15-19-18-20(22)16-17-21(19)23/h16-18,22-23H,1H3. The Kier molecular flexibility index (Phi) is 7.68. The molecule has 1 aromatic rings. The van der Waals surface area contributed by atoms with Crippen LogP contribution in [-0.2, 0) is 0 Å². The summed E-state index contributed by atoms with van der Waals surface area (Å²) < 4.78 is 0. The van der Waals surface area contributed by atoms with Crippen LogP contribution in [0.3, 0.4) is 0 Å². The van der Waals surface area contributed by atoms with Gasteiger partial charge in [0.15, 0.2) is 0 Å². The van der Waals surface area contributed by atoms with Gasteiger partial charge in [-0.2, -0.15) is 0 Å². The predicted octanol–water partition coefficient (Wildman–Crippen LogP) is 1.49. The molecule has 0 atom stereocenters. The Labute approximate surface area is 135 Å². The highest BCUT2D eigenvalue weighted by Crippen LogP contribution is 2.20. The second-order valence-corrected chi connectivity index (χ2v) is 3.58. The summed E-state index contributed by atoms with van der Waals surface area (Å²) in [6.45, 7) is 1.69. The van der Waals surface area contributed by atoms with Gasteiger partial charge in [-0.15, -0.1) is 0 Å². The van der Waals surface area contributed by atoms with E-state index in [1.54, 1.807) is 6.92 Å². The van der Waals surface area contributed by atoms with Gasteiger partial charge in [0.2, 0.25) is 0 Å². The predicted molar refractivity (Wildman–Crippen MR) is 89.0 cm³/mol. The summed E-state index contributed by atoms with van der Waals surface area (Å²) in [4.78, 5) is 0. The van der Waals surface area contributed by atoms with E-state index in [9.17, 15) is 10.2 Å². The first-order valence-electron chi connectivity index (χ1n) is 6.19. The topological polar surface area (TPSA) is 40.5 Å². The molecular weight excluding hydrogens is 284 g/mol. The molecule has 23 heavy (non-hydrogen) atoms. The summed E-state index contributed by atoms with van der Waals surface area (Å²) in [5.74, 6) is 35.2. The second-order valence-electron chi connectivity index (χ2n) is 3.58. The Balaban J connectivity index is 2.62. The van der Waals surface area contributed by atoms with E-state index >= 15 is 0 Å². The largest absolute Gasteiger partial charge is 0.508 e. The lowest BCUT2D eigenvalue weighted by molar-refractivity contribution is 0.459. The molecule has 0 bridgehead atoms. The van der Waals surface area contributed by atoms with Crippen molar-refractivity contribution in [3.8, 4) is 94.4 Å². The van der Waals surface area contributed by atoms with Gasteiger partial charge in [-0.25, -0.2) is 0 Å². The molecule has 0 unspecified atom stereocenters. The zero-order chi connectivity index (χ0) is 16.8. The van der Waals surface area contributed by atoms with Crippen LogP contribution in [0.5, 0.6) is 11.5 Å². The fourth-order valence-corrected chi connectivity index (χ4v) is 1.10. The van der Waals surface area contributed by atoms with Gasteiger partial charge in [0.05, 0.1) is 5.56 Å². The Bertz CT molecular complexity index is 1020. The third-order valence-electron chi connectivity index (χ3n) is 1.99. The highest BCUT2D eigenvalue weighted by Gasteiger charge is 1.97. The summed E-state index contributed by atoms with van der Waals surface area (Å²) in [6.07, 6.45) is 0. The van der Waals surface area contributed by atoms with Crippen LogP contribution in [0, 0.1) is 82.9 Å². The van der Waals surface area contributed by atoms with Crippen LogP contribution in [-0.4, -0.2) is 10.2 Å². The third kappa shape index (κ3) is 7.80. The van der Waals surface area contributed by atoms with Crippen LogP contribution >= 0.6 is 0 Å². The molecule has 0 aliphatic carbocycles. The summed E-state index contributed by atoms with van der Waals surface area (Å²) in [7, 11) is 0. The van der Waals surface area contributed by atoms with Crippen molar-refractivity contribution in [3.05, 3.63) is 23.8 Å². The van der Waals surface area contributed by atoms with Gasteiger partial charge in [0.25, 0.3) is 0 Å². The minimum Gasteiger partial charge on any atom is -0.508 e. The monoisotopic (exact) mass is 292 g/mol. The first-order chi connectivity index (χ1) is 11.2. The molecule has 0 saturated heterocycles. The maximum atomic E-state index is 9.49. The Hall–Kier alpha value is -4.26. The molecule has 0 spiro atoms. The molecule has 1 aromatic carbocycles. The van der Waals surface area contributed by atoms with E-state index in [1.165, 1.54) is 18.2 Å². The fraction of sp³-hybridized carbons (Fsp3) is 0.0476. The van der Waals surface area contributed by atoms with Crippen molar-refractivity contribution in [1.29, 1.82) is 0 Å². The molecule has 0 fully saturated rings. The van der Waals surface area contributed by atoms with Crippen molar-refractivity contribution < 1.29 is 10.2 Å². The normalized spacial score (nSPS) is 6.13. The van der Waals surface area contributed by atoms with Crippen molar-refractivity contribution in [2.45, 2.75) is 6.92 Å². The van der Waals surface area contributed by atoms with Crippen LogP contribution in [0.1, 0.15) is 12.5 Å². The van der Waals surface area contributed by atoms with Gasteiger partial charge in [-0.1, -0.05) is 5.92 Å². The van der Waals surface area contributed by atoms with Gasteiger partial charge in [0.1, 0.15) is 11.5 Å². The van der Waals surface area contributed by atoms with Crippen molar-refractivity contribution in [2.24, 2.45) is 0 Å². The highest BCUT2D eigenvalue weighted by atomic mass is 16.3. The van der Waals surface area contributed by atoms with Crippen molar-refractivity contribution in [1.82, 2.24) is 0 Å². The molecular formula is C21H8O2. The zero-order valence-electron chi connectivity index (χ0n) is 12.1. The Morgan fingerprint density at radius 1 is 0.652 bits per heavy atom. The van der Waals surface area contributed by atoms with Gasteiger partial charge < -0.3 is 10.2 Å². The number of aromatic hydroxyl groups is 2. The van der Waals surface area contributed by atoms with Crippen molar-refractivity contribution >= 4 is 0 Å². The SMILES string of the molecule is CC#CC#CC#CC#CC#CC#CC#Cc1cc(O)ccc1O. The van der Waals surface area contributed by atoms with Gasteiger partial charge in [-0.3, -0.25) is 0 Å². The number of hydrogen-bond donors (Lipinski definition) is 2. The quantitative estimate of drug-likeness (QED) is 0.562. The van der Waals surface area contributed by atoms with E-state index in [0.717, 1.165) is 0 Å². The van der Waals surface area contributed by atoms with Crippen LogP contribution in [0.4, 0.5) is 0 Å². The van der Waals surface area contributed by atoms with Crippen LogP contribution in [0.15, 0.2) is 18.2 Å². The van der Waals surface area contributed by atoms with Gasteiger partial charge in [0, 0.05) is 0 Å². The average molecular weight is 292 g/mol. The molecule has 0 aliphatic rings. The van der Waals surface area contributed by atoms with E-state index in [2.05, 4.69) is 82.9 Å². The van der Waals surface area contributed by atoms with Crippen LogP contribution in [0.25, 0.3) is 0 Å². The number of rotatable bonds is 0. The highest BCUT2D eigenvalue weighted by molar-refractivity contribution is 5.52.